The van der Waals surface area contributed by atoms with Crippen LogP contribution in [0.2, 0.25) is 0 Å². The van der Waals surface area contributed by atoms with Crippen LogP contribution < -0.4 is 5.32 Å². The van der Waals surface area contributed by atoms with Crippen molar-refractivity contribution in [2.75, 3.05) is 13.2 Å². The molecule has 0 heterocycles. The largest absolute Gasteiger partial charge is 0.394 e. The van der Waals surface area contributed by atoms with E-state index in [9.17, 15) is 5.11 Å². The molecule has 14 heavy (non-hydrogen) atoms. The SMILES string of the molecule is CC1CCCC(CO)(NCCC#N)C1. The molecule has 3 nitrogen and oxygen atoms in total. The van der Waals surface area contributed by atoms with E-state index < -0.39 is 0 Å². The average Bonchev–Trinajstić information content (AvgIpc) is 2.18. The lowest BCUT2D eigenvalue weighted by Crippen LogP contribution is -2.51. The van der Waals surface area contributed by atoms with Gasteiger partial charge in [0, 0.05) is 18.5 Å². The van der Waals surface area contributed by atoms with Crippen molar-refractivity contribution in [1.29, 1.82) is 5.26 Å². The van der Waals surface area contributed by atoms with Gasteiger partial charge in [-0.3, -0.25) is 0 Å². The van der Waals surface area contributed by atoms with Crippen LogP contribution in [-0.4, -0.2) is 23.8 Å². The van der Waals surface area contributed by atoms with E-state index in [-0.39, 0.29) is 12.1 Å². The average molecular weight is 196 g/mol. The van der Waals surface area contributed by atoms with Crippen LogP contribution in [0.5, 0.6) is 0 Å². The number of aliphatic hydroxyl groups excluding tert-OH is 1. The predicted octanol–water partition coefficient (Wildman–Crippen LogP) is 1.43. The van der Waals surface area contributed by atoms with Gasteiger partial charge in [-0.2, -0.15) is 5.26 Å². The van der Waals surface area contributed by atoms with Crippen LogP contribution in [0.4, 0.5) is 0 Å². The third-order valence-electron chi connectivity index (χ3n) is 3.13. The number of hydrogen-bond acceptors (Lipinski definition) is 3. The molecule has 1 rings (SSSR count). The van der Waals surface area contributed by atoms with Crippen molar-refractivity contribution >= 4 is 0 Å². The summed E-state index contributed by atoms with van der Waals surface area (Å²) in [5.41, 5.74) is -0.103. The number of hydrogen-bond donors (Lipinski definition) is 2. The highest BCUT2D eigenvalue weighted by Crippen LogP contribution is 2.31. The molecule has 0 aromatic heterocycles. The number of nitriles is 1. The summed E-state index contributed by atoms with van der Waals surface area (Å²) in [6.45, 7) is 3.13. The Morgan fingerprint density at radius 1 is 1.64 bits per heavy atom. The van der Waals surface area contributed by atoms with E-state index in [1.165, 1.54) is 12.8 Å². The molecule has 2 atom stereocenters. The normalized spacial score (nSPS) is 32.5. The second-order valence-electron chi connectivity index (χ2n) is 4.47. The first-order valence-corrected chi connectivity index (χ1v) is 5.45. The molecule has 0 bridgehead atoms. The van der Waals surface area contributed by atoms with Crippen LogP contribution in [0, 0.1) is 17.2 Å². The molecule has 0 aromatic carbocycles. The van der Waals surface area contributed by atoms with Gasteiger partial charge in [0.1, 0.15) is 0 Å². The van der Waals surface area contributed by atoms with Crippen LogP contribution in [0.1, 0.15) is 39.0 Å². The molecule has 2 N–H and O–H groups in total. The fourth-order valence-corrected chi connectivity index (χ4v) is 2.40. The van der Waals surface area contributed by atoms with Gasteiger partial charge in [0.25, 0.3) is 0 Å². The molecule has 1 aliphatic carbocycles. The number of nitrogens with one attached hydrogen (secondary N) is 1. The zero-order chi connectivity index (χ0) is 10.4. The maximum atomic E-state index is 9.41. The lowest BCUT2D eigenvalue weighted by molar-refractivity contribution is 0.101. The molecule has 1 aliphatic rings. The lowest BCUT2D eigenvalue weighted by Gasteiger charge is -2.39. The predicted molar refractivity (Wildman–Crippen MR) is 55.7 cm³/mol. The van der Waals surface area contributed by atoms with Gasteiger partial charge in [-0.1, -0.05) is 19.8 Å². The Morgan fingerprint density at radius 2 is 2.43 bits per heavy atom. The Bertz CT molecular complexity index is 212. The number of rotatable bonds is 4. The van der Waals surface area contributed by atoms with E-state index in [4.69, 9.17) is 5.26 Å². The first-order chi connectivity index (χ1) is 6.72. The summed E-state index contributed by atoms with van der Waals surface area (Å²) in [5, 5.41) is 21.2. The summed E-state index contributed by atoms with van der Waals surface area (Å²) in [4.78, 5) is 0. The molecule has 0 amide bonds. The second kappa shape index (κ2) is 5.33. The Morgan fingerprint density at radius 3 is 3.00 bits per heavy atom. The maximum absolute atomic E-state index is 9.41. The molecule has 80 valence electrons. The van der Waals surface area contributed by atoms with Crippen molar-refractivity contribution in [3.63, 3.8) is 0 Å². The highest BCUT2D eigenvalue weighted by atomic mass is 16.3. The molecule has 2 unspecified atom stereocenters. The standard InChI is InChI=1S/C11H20N2O/c1-10-4-2-5-11(8-10,9-14)13-7-3-6-12/h10,13-14H,2-5,7-9H2,1H3. The van der Waals surface area contributed by atoms with Crippen LogP contribution in [0.25, 0.3) is 0 Å². The fourth-order valence-electron chi connectivity index (χ4n) is 2.40. The molecule has 1 saturated carbocycles. The second-order valence-corrected chi connectivity index (χ2v) is 4.47. The highest BCUT2D eigenvalue weighted by molar-refractivity contribution is 4.93. The van der Waals surface area contributed by atoms with Crippen molar-refractivity contribution in [3.8, 4) is 6.07 Å². The molecule has 0 spiro atoms. The van der Waals surface area contributed by atoms with Gasteiger partial charge in [0.05, 0.1) is 12.7 Å². The first kappa shape index (κ1) is 11.5. The van der Waals surface area contributed by atoms with Gasteiger partial charge in [0.2, 0.25) is 0 Å². The molecular formula is C11H20N2O. The zero-order valence-corrected chi connectivity index (χ0v) is 8.92. The maximum Gasteiger partial charge on any atom is 0.0635 e. The van der Waals surface area contributed by atoms with Gasteiger partial charge in [-0.25, -0.2) is 0 Å². The van der Waals surface area contributed by atoms with E-state index in [1.54, 1.807) is 0 Å². The Hall–Kier alpha value is -0.590. The van der Waals surface area contributed by atoms with Gasteiger partial charge >= 0.3 is 0 Å². The summed E-state index contributed by atoms with van der Waals surface area (Å²) < 4.78 is 0. The van der Waals surface area contributed by atoms with Crippen LogP contribution in [0.3, 0.4) is 0 Å². The topological polar surface area (TPSA) is 56.0 Å². The van der Waals surface area contributed by atoms with Crippen molar-refractivity contribution in [2.24, 2.45) is 5.92 Å². The van der Waals surface area contributed by atoms with Gasteiger partial charge in [0.15, 0.2) is 0 Å². The number of nitrogens with zero attached hydrogens (tertiary/aromatic N) is 1. The molecule has 0 aliphatic heterocycles. The smallest absolute Gasteiger partial charge is 0.0635 e. The Balaban J connectivity index is 2.44. The Kier molecular flexibility index (Phi) is 4.37. The van der Waals surface area contributed by atoms with E-state index >= 15 is 0 Å². The van der Waals surface area contributed by atoms with Crippen molar-refractivity contribution in [3.05, 3.63) is 0 Å². The monoisotopic (exact) mass is 196 g/mol. The summed E-state index contributed by atoms with van der Waals surface area (Å²) in [6, 6.07) is 2.12. The third-order valence-corrected chi connectivity index (χ3v) is 3.13. The molecule has 3 heteroatoms. The van der Waals surface area contributed by atoms with E-state index in [2.05, 4.69) is 18.3 Å². The van der Waals surface area contributed by atoms with E-state index in [0.717, 1.165) is 12.8 Å². The van der Waals surface area contributed by atoms with Crippen LogP contribution in [0.15, 0.2) is 0 Å². The first-order valence-electron chi connectivity index (χ1n) is 5.45. The molecular weight excluding hydrogens is 176 g/mol. The van der Waals surface area contributed by atoms with Crippen LogP contribution >= 0.6 is 0 Å². The lowest BCUT2D eigenvalue weighted by atomic mass is 9.77. The minimum Gasteiger partial charge on any atom is -0.394 e. The zero-order valence-electron chi connectivity index (χ0n) is 8.92. The minimum absolute atomic E-state index is 0.103. The number of aliphatic hydroxyl groups is 1. The quantitative estimate of drug-likeness (QED) is 0.669. The fraction of sp³-hybridized carbons (Fsp3) is 0.909. The summed E-state index contributed by atoms with van der Waals surface area (Å²) >= 11 is 0. The van der Waals surface area contributed by atoms with Crippen molar-refractivity contribution in [2.45, 2.75) is 44.6 Å². The Labute approximate surface area is 86.1 Å². The summed E-state index contributed by atoms with van der Waals surface area (Å²) in [6.07, 6.45) is 5.05. The highest BCUT2D eigenvalue weighted by Gasteiger charge is 2.33. The minimum atomic E-state index is -0.103. The summed E-state index contributed by atoms with van der Waals surface area (Å²) in [7, 11) is 0. The summed E-state index contributed by atoms with van der Waals surface area (Å²) in [5.74, 6) is 0.686. The third kappa shape index (κ3) is 2.97. The van der Waals surface area contributed by atoms with Gasteiger partial charge < -0.3 is 10.4 Å². The molecule has 0 saturated heterocycles. The molecule has 0 aromatic rings. The molecule has 1 fully saturated rings. The van der Waals surface area contributed by atoms with E-state index in [0.29, 0.717) is 18.9 Å². The molecule has 0 radical (unpaired) electrons. The van der Waals surface area contributed by atoms with Crippen LogP contribution in [-0.2, 0) is 0 Å². The van der Waals surface area contributed by atoms with Crippen molar-refractivity contribution in [1.82, 2.24) is 5.32 Å². The van der Waals surface area contributed by atoms with Gasteiger partial charge in [-0.05, 0) is 18.8 Å². The van der Waals surface area contributed by atoms with Crippen molar-refractivity contribution < 1.29 is 5.11 Å². The van der Waals surface area contributed by atoms with Gasteiger partial charge in [-0.15, -0.1) is 0 Å². The van der Waals surface area contributed by atoms with E-state index in [1.807, 2.05) is 0 Å².